The van der Waals surface area contributed by atoms with E-state index in [-0.39, 0.29) is 5.78 Å². The topological polar surface area (TPSA) is 37.3 Å². The zero-order valence-electron chi connectivity index (χ0n) is 8.66. The SMILES string of the molecule is CCCC(=O)C(C)(O)c1ccccc1. The monoisotopic (exact) mass is 192 g/mol. The summed E-state index contributed by atoms with van der Waals surface area (Å²) in [5.74, 6) is -0.119. The third-order valence-electron chi connectivity index (χ3n) is 2.36. The molecule has 0 aliphatic carbocycles. The average molecular weight is 192 g/mol. The number of carbonyl (C=O) groups excluding carboxylic acids is 1. The fourth-order valence-corrected chi connectivity index (χ4v) is 1.39. The second-order valence-corrected chi connectivity index (χ2v) is 3.61. The molecule has 2 nitrogen and oxygen atoms in total. The van der Waals surface area contributed by atoms with E-state index in [1.165, 1.54) is 0 Å². The first-order chi connectivity index (χ1) is 6.59. The largest absolute Gasteiger partial charge is 0.378 e. The van der Waals surface area contributed by atoms with Gasteiger partial charge in [0.2, 0.25) is 0 Å². The molecule has 0 aliphatic heterocycles. The summed E-state index contributed by atoms with van der Waals surface area (Å²) in [7, 11) is 0. The first kappa shape index (κ1) is 10.9. The molecule has 1 aromatic rings. The highest BCUT2D eigenvalue weighted by atomic mass is 16.3. The molecule has 0 saturated carbocycles. The predicted octanol–water partition coefficient (Wildman–Crippen LogP) is 2.26. The summed E-state index contributed by atoms with van der Waals surface area (Å²) in [4.78, 5) is 11.6. The number of Topliss-reactive ketones (excluding diaryl/α,β-unsaturated/α-hetero) is 1. The van der Waals surface area contributed by atoms with Crippen LogP contribution < -0.4 is 0 Å². The predicted molar refractivity (Wildman–Crippen MR) is 55.9 cm³/mol. The molecule has 0 aliphatic rings. The molecular weight excluding hydrogens is 176 g/mol. The van der Waals surface area contributed by atoms with Crippen LogP contribution in [0.15, 0.2) is 30.3 Å². The zero-order valence-corrected chi connectivity index (χ0v) is 8.66. The second-order valence-electron chi connectivity index (χ2n) is 3.61. The highest BCUT2D eigenvalue weighted by molar-refractivity contribution is 5.87. The highest BCUT2D eigenvalue weighted by Crippen LogP contribution is 2.22. The average Bonchev–Trinajstić information content (AvgIpc) is 2.19. The van der Waals surface area contributed by atoms with Crippen molar-refractivity contribution in [3.8, 4) is 0 Å². The number of hydrogen-bond donors (Lipinski definition) is 1. The molecule has 1 N–H and O–H groups in total. The van der Waals surface area contributed by atoms with E-state index in [1.54, 1.807) is 19.1 Å². The molecule has 0 heterocycles. The van der Waals surface area contributed by atoms with E-state index in [1.807, 2.05) is 25.1 Å². The fraction of sp³-hybridized carbons (Fsp3) is 0.417. The van der Waals surface area contributed by atoms with Gasteiger partial charge in [-0.15, -0.1) is 0 Å². The summed E-state index contributed by atoms with van der Waals surface area (Å²) in [6.07, 6.45) is 1.18. The van der Waals surface area contributed by atoms with Gasteiger partial charge in [-0.1, -0.05) is 37.3 Å². The number of ketones is 1. The number of aliphatic hydroxyl groups is 1. The van der Waals surface area contributed by atoms with Crippen molar-refractivity contribution in [1.29, 1.82) is 0 Å². The minimum absolute atomic E-state index is 0.119. The smallest absolute Gasteiger partial charge is 0.168 e. The van der Waals surface area contributed by atoms with Gasteiger partial charge in [0.25, 0.3) is 0 Å². The van der Waals surface area contributed by atoms with Gasteiger partial charge in [0.1, 0.15) is 5.60 Å². The Kier molecular flexibility index (Phi) is 3.42. The van der Waals surface area contributed by atoms with Crippen LogP contribution in [0, 0.1) is 0 Å². The van der Waals surface area contributed by atoms with Gasteiger partial charge in [0.05, 0.1) is 0 Å². The Hall–Kier alpha value is -1.15. The maximum absolute atomic E-state index is 11.6. The standard InChI is InChI=1S/C12H16O2/c1-3-7-11(13)12(2,14)10-8-5-4-6-9-10/h4-6,8-9,14H,3,7H2,1-2H3. The van der Waals surface area contributed by atoms with Gasteiger partial charge in [-0.3, -0.25) is 4.79 Å². The van der Waals surface area contributed by atoms with Crippen LogP contribution >= 0.6 is 0 Å². The van der Waals surface area contributed by atoms with E-state index in [9.17, 15) is 9.90 Å². The molecule has 1 rings (SSSR count). The van der Waals surface area contributed by atoms with Crippen LogP contribution in [0.4, 0.5) is 0 Å². The van der Waals surface area contributed by atoms with Crippen LogP contribution in [0.5, 0.6) is 0 Å². The number of benzene rings is 1. The molecule has 1 unspecified atom stereocenters. The molecule has 76 valence electrons. The maximum atomic E-state index is 11.6. The van der Waals surface area contributed by atoms with E-state index in [0.717, 1.165) is 6.42 Å². The maximum Gasteiger partial charge on any atom is 0.168 e. The van der Waals surface area contributed by atoms with Gasteiger partial charge in [0, 0.05) is 6.42 Å². The number of hydrogen-bond acceptors (Lipinski definition) is 2. The Morgan fingerprint density at radius 1 is 1.36 bits per heavy atom. The van der Waals surface area contributed by atoms with E-state index in [4.69, 9.17) is 0 Å². The van der Waals surface area contributed by atoms with Crippen LogP contribution in [-0.2, 0) is 10.4 Å². The minimum Gasteiger partial charge on any atom is -0.378 e. The lowest BCUT2D eigenvalue weighted by molar-refractivity contribution is -0.136. The van der Waals surface area contributed by atoms with Crippen molar-refractivity contribution < 1.29 is 9.90 Å². The Balaban J connectivity index is 2.90. The highest BCUT2D eigenvalue weighted by Gasteiger charge is 2.30. The van der Waals surface area contributed by atoms with Gasteiger partial charge >= 0.3 is 0 Å². The third kappa shape index (κ3) is 2.20. The van der Waals surface area contributed by atoms with Crippen molar-refractivity contribution >= 4 is 5.78 Å². The van der Waals surface area contributed by atoms with Crippen LogP contribution in [0.3, 0.4) is 0 Å². The molecule has 0 bridgehead atoms. The Morgan fingerprint density at radius 3 is 2.43 bits per heavy atom. The lowest BCUT2D eigenvalue weighted by Crippen LogP contribution is -2.31. The minimum atomic E-state index is -1.34. The summed E-state index contributed by atoms with van der Waals surface area (Å²) >= 11 is 0. The molecule has 2 heteroatoms. The van der Waals surface area contributed by atoms with Crippen LogP contribution in [-0.4, -0.2) is 10.9 Å². The van der Waals surface area contributed by atoms with E-state index in [2.05, 4.69) is 0 Å². The fourth-order valence-electron chi connectivity index (χ4n) is 1.39. The summed E-state index contributed by atoms with van der Waals surface area (Å²) in [5.41, 5.74) is -0.671. The number of carbonyl (C=O) groups is 1. The molecule has 1 atom stereocenters. The lowest BCUT2D eigenvalue weighted by Gasteiger charge is -2.21. The Labute approximate surface area is 84.6 Å². The van der Waals surface area contributed by atoms with Gasteiger partial charge in [-0.25, -0.2) is 0 Å². The molecule has 1 aromatic carbocycles. The van der Waals surface area contributed by atoms with Crippen LogP contribution in [0.25, 0.3) is 0 Å². The second kappa shape index (κ2) is 4.38. The van der Waals surface area contributed by atoms with Crippen LogP contribution in [0.2, 0.25) is 0 Å². The molecule has 0 aromatic heterocycles. The van der Waals surface area contributed by atoms with Gasteiger partial charge < -0.3 is 5.11 Å². The normalized spacial score (nSPS) is 14.8. The van der Waals surface area contributed by atoms with Gasteiger partial charge in [-0.2, -0.15) is 0 Å². The van der Waals surface area contributed by atoms with Crippen molar-refractivity contribution in [2.24, 2.45) is 0 Å². The first-order valence-corrected chi connectivity index (χ1v) is 4.90. The molecular formula is C12H16O2. The summed E-state index contributed by atoms with van der Waals surface area (Å²) in [5, 5.41) is 10.0. The van der Waals surface area contributed by atoms with Crippen molar-refractivity contribution in [2.75, 3.05) is 0 Å². The molecule has 0 radical (unpaired) electrons. The molecule has 14 heavy (non-hydrogen) atoms. The third-order valence-corrected chi connectivity index (χ3v) is 2.36. The zero-order chi connectivity index (χ0) is 10.6. The Bertz CT molecular complexity index is 301. The van der Waals surface area contributed by atoms with Crippen molar-refractivity contribution in [2.45, 2.75) is 32.3 Å². The van der Waals surface area contributed by atoms with Crippen molar-refractivity contribution in [3.05, 3.63) is 35.9 Å². The van der Waals surface area contributed by atoms with Gasteiger partial charge in [0.15, 0.2) is 5.78 Å². The van der Waals surface area contributed by atoms with E-state index < -0.39 is 5.60 Å². The molecule has 0 fully saturated rings. The summed E-state index contributed by atoms with van der Waals surface area (Å²) < 4.78 is 0. The summed E-state index contributed by atoms with van der Waals surface area (Å²) in [6, 6.07) is 9.05. The van der Waals surface area contributed by atoms with Crippen molar-refractivity contribution in [1.82, 2.24) is 0 Å². The van der Waals surface area contributed by atoms with E-state index >= 15 is 0 Å². The van der Waals surface area contributed by atoms with Crippen LogP contribution in [0.1, 0.15) is 32.3 Å². The summed E-state index contributed by atoms with van der Waals surface area (Å²) in [6.45, 7) is 3.49. The van der Waals surface area contributed by atoms with Crippen molar-refractivity contribution in [3.63, 3.8) is 0 Å². The molecule has 0 spiro atoms. The quantitative estimate of drug-likeness (QED) is 0.794. The van der Waals surface area contributed by atoms with Gasteiger partial charge in [-0.05, 0) is 18.9 Å². The van der Waals surface area contributed by atoms with E-state index in [0.29, 0.717) is 12.0 Å². The Morgan fingerprint density at radius 2 is 1.93 bits per heavy atom. The number of rotatable bonds is 4. The molecule has 0 saturated heterocycles. The lowest BCUT2D eigenvalue weighted by atomic mass is 9.89. The first-order valence-electron chi connectivity index (χ1n) is 4.90. The molecule has 0 amide bonds.